The lowest BCUT2D eigenvalue weighted by Gasteiger charge is -2.05. The van der Waals surface area contributed by atoms with Crippen LogP contribution in [0.1, 0.15) is 32.6 Å². The summed E-state index contributed by atoms with van der Waals surface area (Å²) in [6.07, 6.45) is 3.91. The Hall–Kier alpha value is -0.780. The molecule has 0 aliphatic rings. The Bertz CT molecular complexity index is 227. The Balaban J connectivity index is 4.48. The molecular formula is C13H26N2O3. The smallest absolute Gasteiger partial charge is 0.0864 e. The van der Waals surface area contributed by atoms with Crippen LogP contribution >= 0.6 is 0 Å². The molecule has 0 unspecified atom stereocenters. The van der Waals surface area contributed by atoms with Crippen molar-refractivity contribution in [3.63, 3.8) is 0 Å². The molecule has 0 N–H and O–H groups in total. The SMILES string of the molecule is CCCC/C(COC)=N/N=C(/CCOC)COC. The molecule has 0 aromatic carbocycles. The largest absolute Gasteiger partial charge is 0.384 e. The standard InChI is InChI=1S/C13H26N2O3/c1-5-6-7-12(10-17-3)14-15-13(11-18-4)8-9-16-2/h5-11H2,1-4H3/b14-12-,15-13-. The summed E-state index contributed by atoms with van der Waals surface area (Å²) in [7, 11) is 5.00. The summed E-state index contributed by atoms with van der Waals surface area (Å²) < 4.78 is 15.2. The van der Waals surface area contributed by atoms with Gasteiger partial charge in [-0.1, -0.05) is 13.3 Å². The van der Waals surface area contributed by atoms with Crippen LogP contribution in [0.3, 0.4) is 0 Å². The first-order valence-electron chi connectivity index (χ1n) is 6.36. The number of hydrogen-bond acceptors (Lipinski definition) is 5. The molecule has 18 heavy (non-hydrogen) atoms. The molecular weight excluding hydrogens is 232 g/mol. The van der Waals surface area contributed by atoms with Gasteiger partial charge in [-0.05, 0) is 12.8 Å². The average molecular weight is 258 g/mol. The van der Waals surface area contributed by atoms with Gasteiger partial charge in [0.1, 0.15) is 0 Å². The highest BCUT2D eigenvalue weighted by atomic mass is 16.5. The van der Waals surface area contributed by atoms with Gasteiger partial charge < -0.3 is 14.2 Å². The number of unbranched alkanes of at least 4 members (excludes halogenated alkanes) is 1. The van der Waals surface area contributed by atoms with Gasteiger partial charge in [-0.25, -0.2) is 0 Å². The topological polar surface area (TPSA) is 52.4 Å². The van der Waals surface area contributed by atoms with E-state index in [2.05, 4.69) is 17.1 Å². The molecule has 0 aromatic rings. The normalized spacial score (nSPS) is 13.1. The molecule has 0 saturated heterocycles. The van der Waals surface area contributed by atoms with Crippen molar-refractivity contribution in [1.29, 1.82) is 0 Å². The van der Waals surface area contributed by atoms with Crippen molar-refractivity contribution in [3.8, 4) is 0 Å². The first-order chi connectivity index (χ1) is 8.78. The highest BCUT2D eigenvalue weighted by Crippen LogP contribution is 2.00. The minimum absolute atomic E-state index is 0.487. The summed E-state index contributed by atoms with van der Waals surface area (Å²) in [5, 5.41) is 8.51. The fourth-order valence-electron chi connectivity index (χ4n) is 1.38. The lowest BCUT2D eigenvalue weighted by atomic mass is 10.2. The summed E-state index contributed by atoms with van der Waals surface area (Å²) in [5.41, 5.74) is 1.87. The van der Waals surface area contributed by atoms with Crippen molar-refractivity contribution in [2.75, 3.05) is 41.2 Å². The third-order valence-electron chi connectivity index (χ3n) is 2.37. The van der Waals surface area contributed by atoms with E-state index in [1.807, 2.05) is 0 Å². The van der Waals surface area contributed by atoms with Crippen molar-refractivity contribution in [2.24, 2.45) is 10.2 Å². The fraction of sp³-hybridized carbons (Fsp3) is 0.846. The van der Waals surface area contributed by atoms with Crippen LogP contribution in [0.4, 0.5) is 0 Å². The molecule has 106 valence electrons. The van der Waals surface area contributed by atoms with E-state index in [1.54, 1.807) is 21.3 Å². The van der Waals surface area contributed by atoms with E-state index in [1.165, 1.54) is 0 Å². The first-order valence-corrected chi connectivity index (χ1v) is 6.36. The quantitative estimate of drug-likeness (QED) is 0.422. The maximum absolute atomic E-state index is 5.12. The van der Waals surface area contributed by atoms with E-state index in [9.17, 15) is 0 Å². The van der Waals surface area contributed by atoms with Gasteiger partial charge in [0.05, 0.1) is 31.2 Å². The van der Waals surface area contributed by atoms with Crippen LogP contribution in [-0.2, 0) is 14.2 Å². The zero-order valence-electron chi connectivity index (χ0n) is 12.1. The second kappa shape index (κ2) is 12.7. The molecule has 0 bridgehead atoms. The molecule has 0 heterocycles. The number of ether oxygens (including phenoxy) is 3. The monoisotopic (exact) mass is 258 g/mol. The lowest BCUT2D eigenvalue weighted by molar-refractivity contribution is 0.201. The van der Waals surface area contributed by atoms with Crippen LogP contribution in [0.25, 0.3) is 0 Å². The highest BCUT2D eigenvalue weighted by Gasteiger charge is 2.01. The molecule has 0 aliphatic carbocycles. The minimum Gasteiger partial charge on any atom is -0.384 e. The van der Waals surface area contributed by atoms with E-state index in [-0.39, 0.29) is 0 Å². The van der Waals surface area contributed by atoms with Crippen LogP contribution in [0, 0.1) is 0 Å². The van der Waals surface area contributed by atoms with Crippen LogP contribution < -0.4 is 0 Å². The molecule has 0 radical (unpaired) electrons. The average Bonchev–Trinajstić information content (AvgIpc) is 2.38. The summed E-state index contributed by atoms with van der Waals surface area (Å²) in [6, 6.07) is 0. The number of hydrogen-bond donors (Lipinski definition) is 0. The van der Waals surface area contributed by atoms with Gasteiger partial charge in [-0.3, -0.25) is 0 Å². The molecule has 5 nitrogen and oxygen atoms in total. The van der Waals surface area contributed by atoms with Gasteiger partial charge in [0, 0.05) is 27.8 Å². The van der Waals surface area contributed by atoms with E-state index in [4.69, 9.17) is 14.2 Å². The van der Waals surface area contributed by atoms with Gasteiger partial charge in [-0.2, -0.15) is 10.2 Å². The van der Waals surface area contributed by atoms with Crippen LogP contribution in [-0.4, -0.2) is 52.6 Å². The van der Waals surface area contributed by atoms with Crippen molar-refractivity contribution < 1.29 is 14.2 Å². The zero-order valence-corrected chi connectivity index (χ0v) is 12.1. The highest BCUT2D eigenvalue weighted by molar-refractivity contribution is 5.89. The van der Waals surface area contributed by atoms with Gasteiger partial charge in [0.2, 0.25) is 0 Å². The zero-order chi connectivity index (χ0) is 13.6. The number of methoxy groups -OCH3 is 3. The van der Waals surface area contributed by atoms with Crippen LogP contribution in [0.15, 0.2) is 10.2 Å². The Morgan fingerprint density at radius 2 is 1.39 bits per heavy atom. The second-order valence-corrected chi connectivity index (χ2v) is 4.04. The maximum Gasteiger partial charge on any atom is 0.0864 e. The van der Waals surface area contributed by atoms with Gasteiger partial charge >= 0.3 is 0 Å². The maximum atomic E-state index is 5.12. The molecule has 0 amide bonds. The van der Waals surface area contributed by atoms with Gasteiger partial charge in [-0.15, -0.1) is 0 Å². The molecule has 0 aliphatic heterocycles. The number of rotatable bonds is 11. The van der Waals surface area contributed by atoms with E-state index in [0.717, 1.165) is 37.1 Å². The summed E-state index contributed by atoms with van der Waals surface area (Å²) in [6.45, 7) is 3.81. The fourth-order valence-corrected chi connectivity index (χ4v) is 1.38. The lowest BCUT2D eigenvalue weighted by Crippen LogP contribution is -2.11. The van der Waals surface area contributed by atoms with E-state index < -0.39 is 0 Å². The van der Waals surface area contributed by atoms with E-state index in [0.29, 0.717) is 19.8 Å². The molecule has 0 atom stereocenters. The van der Waals surface area contributed by atoms with Gasteiger partial charge in [0.25, 0.3) is 0 Å². The molecule has 0 fully saturated rings. The Kier molecular flexibility index (Phi) is 12.1. The Morgan fingerprint density at radius 1 is 0.833 bits per heavy atom. The van der Waals surface area contributed by atoms with E-state index >= 15 is 0 Å². The molecule has 0 aromatic heterocycles. The minimum atomic E-state index is 0.487. The Labute approximate surface area is 110 Å². The summed E-state index contributed by atoms with van der Waals surface area (Å²) in [4.78, 5) is 0. The van der Waals surface area contributed by atoms with Gasteiger partial charge in [0.15, 0.2) is 0 Å². The van der Waals surface area contributed by atoms with Crippen molar-refractivity contribution in [1.82, 2.24) is 0 Å². The summed E-state index contributed by atoms with van der Waals surface area (Å²) in [5.74, 6) is 0. The number of nitrogens with zero attached hydrogens (tertiary/aromatic N) is 2. The van der Waals surface area contributed by atoms with Crippen molar-refractivity contribution >= 4 is 11.4 Å². The van der Waals surface area contributed by atoms with Crippen molar-refractivity contribution in [2.45, 2.75) is 32.6 Å². The predicted molar refractivity (Wildman–Crippen MR) is 74.6 cm³/mol. The molecule has 0 rings (SSSR count). The van der Waals surface area contributed by atoms with Crippen LogP contribution in [0.5, 0.6) is 0 Å². The third-order valence-corrected chi connectivity index (χ3v) is 2.37. The predicted octanol–water partition coefficient (Wildman–Crippen LogP) is 2.30. The van der Waals surface area contributed by atoms with Crippen molar-refractivity contribution in [3.05, 3.63) is 0 Å². The summed E-state index contributed by atoms with van der Waals surface area (Å²) >= 11 is 0. The molecule has 0 spiro atoms. The third kappa shape index (κ3) is 9.27. The van der Waals surface area contributed by atoms with Crippen LogP contribution in [0.2, 0.25) is 0 Å². The first kappa shape index (κ1) is 17.2. The second-order valence-electron chi connectivity index (χ2n) is 4.04. The molecule has 5 heteroatoms. The molecule has 0 saturated carbocycles. The Morgan fingerprint density at radius 3 is 1.83 bits per heavy atom.